The summed E-state index contributed by atoms with van der Waals surface area (Å²) in [6.07, 6.45) is 8.42. The number of aliphatic carboxylic acids is 1. The molecule has 1 aliphatic carbocycles. The molecule has 0 radical (unpaired) electrons. The van der Waals surface area contributed by atoms with Crippen LogP contribution < -0.4 is 5.32 Å². The zero-order valence-electron chi connectivity index (χ0n) is 13.8. The van der Waals surface area contributed by atoms with Crippen LogP contribution in [0.5, 0.6) is 0 Å². The van der Waals surface area contributed by atoms with Crippen LogP contribution >= 0.6 is 23.1 Å². The van der Waals surface area contributed by atoms with Gasteiger partial charge in [0, 0.05) is 33.3 Å². The molecule has 0 saturated heterocycles. The molecule has 2 aromatic rings. The van der Waals surface area contributed by atoms with E-state index < -0.39 is 11.9 Å². The minimum Gasteiger partial charge on any atom is -0.477 e. The summed E-state index contributed by atoms with van der Waals surface area (Å²) in [5.74, 6) is -1.64. The first kappa shape index (κ1) is 16.9. The monoisotopic (exact) mass is 389 g/mol. The van der Waals surface area contributed by atoms with Gasteiger partial charge in [-0.15, -0.1) is 11.3 Å². The molecule has 1 aliphatic heterocycles. The normalized spacial score (nSPS) is 18.1. The number of esters is 1. The Bertz CT molecular complexity index is 1010. The number of thioether (sulfide) groups is 1. The zero-order chi connectivity index (χ0) is 18.3. The lowest BCUT2D eigenvalue weighted by Crippen LogP contribution is -2.15. The van der Waals surface area contributed by atoms with Gasteiger partial charge in [0.15, 0.2) is 4.96 Å². The maximum Gasteiger partial charge on any atom is 0.352 e. The fraction of sp³-hybridized carbons (Fsp3) is 0.235. The number of hydrogen-bond acceptors (Lipinski definition) is 7. The number of imidazole rings is 1. The number of carboxylic acid groups (broad SMARTS) is 1. The number of nitrogens with zero attached hydrogens (tertiary/aromatic N) is 2. The number of hydrogen-bond donors (Lipinski definition) is 2. The summed E-state index contributed by atoms with van der Waals surface area (Å²) in [7, 11) is 1.29. The lowest BCUT2D eigenvalue weighted by atomic mass is 10.2. The highest BCUT2D eigenvalue weighted by atomic mass is 32.2. The highest BCUT2D eigenvalue weighted by Gasteiger charge is 2.22. The van der Waals surface area contributed by atoms with Crippen molar-refractivity contribution < 1.29 is 19.4 Å². The molecule has 0 atom stereocenters. The molecular formula is C17H15N3O4S2. The Kier molecular flexibility index (Phi) is 4.33. The van der Waals surface area contributed by atoms with Crippen molar-refractivity contribution in [3.63, 3.8) is 0 Å². The number of aryl methyl sites for hydroxylation is 2. The fourth-order valence-electron chi connectivity index (χ4n) is 2.96. The van der Waals surface area contributed by atoms with E-state index in [0.717, 1.165) is 35.3 Å². The zero-order valence-corrected chi connectivity index (χ0v) is 15.4. The van der Waals surface area contributed by atoms with E-state index in [-0.39, 0.29) is 11.3 Å². The number of aromatic nitrogens is 2. The van der Waals surface area contributed by atoms with Gasteiger partial charge in [-0.05, 0) is 25.3 Å². The van der Waals surface area contributed by atoms with Gasteiger partial charge in [0.1, 0.15) is 5.70 Å². The summed E-state index contributed by atoms with van der Waals surface area (Å²) >= 11 is 2.84. The van der Waals surface area contributed by atoms with Crippen LogP contribution in [0.1, 0.15) is 22.7 Å². The lowest BCUT2D eigenvalue weighted by molar-refractivity contribution is -0.136. The third-order valence-corrected chi connectivity index (χ3v) is 6.29. The van der Waals surface area contributed by atoms with Crippen molar-refractivity contribution in [3.05, 3.63) is 50.2 Å². The van der Waals surface area contributed by atoms with E-state index in [4.69, 9.17) is 9.84 Å². The number of rotatable bonds is 3. The largest absolute Gasteiger partial charge is 0.477 e. The van der Waals surface area contributed by atoms with E-state index in [2.05, 4.69) is 14.7 Å². The van der Waals surface area contributed by atoms with E-state index in [1.807, 2.05) is 6.20 Å². The quantitative estimate of drug-likeness (QED) is 0.779. The van der Waals surface area contributed by atoms with Crippen molar-refractivity contribution in [2.45, 2.75) is 19.3 Å². The van der Waals surface area contributed by atoms with Crippen LogP contribution in [0.15, 0.2) is 34.0 Å². The van der Waals surface area contributed by atoms with E-state index in [1.54, 1.807) is 17.4 Å². The molecule has 2 aliphatic rings. The predicted octanol–water partition coefficient (Wildman–Crippen LogP) is 2.54. The summed E-state index contributed by atoms with van der Waals surface area (Å²) in [6, 6.07) is 0. The number of ether oxygens (including phenoxy) is 1. The number of thiazole rings is 1. The molecule has 0 saturated carbocycles. The van der Waals surface area contributed by atoms with Gasteiger partial charge in [-0.25, -0.2) is 14.6 Å². The smallest absolute Gasteiger partial charge is 0.352 e. The summed E-state index contributed by atoms with van der Waals surface area (Å²) in [4.78, 5) is 30.8. The number of methoxy groups -OCH3 is 1. The second-order valence-electron chi connectivity index (χ2n) is 5.80. The molecule has 0 unspecified atom stereocenters. The van der Waals surface area contributed by atoms with E-state index in [0.29, 0.717) is 4.91 Å². The van der Waals surface area contributed by atoms with Gasteiger partial charge < -0.3 is 15.2 Å². The van der Waals surface area contributed by atoms with Crippen molar-refractivity contribution in [2.75, 3.05) is 7.11 Å². The second-order valence-corrected chi connectivity index (χ2v) is 7.77. The summed E-state index contributed by atoms with van der Waals surface area (Å²) in [5.41, 5.74) is 2.28. The highest BCUT2D eigenvalue weighted by molar-refractivity contribution is 8.06. The summed E-state index contributed by atoms with van der Waals surface area (Å²) < 4.78 is 6.93. The van der Waals surface area contributed by atoms with Crippen molar-refractivity contribution in [1.82, 2.24) is 14.7 Å². The third-order valence-electron chi connectivity index (χ3n) is 4.19. The first-order valence-corrected chi connectivity index (χ1v) is 9.63. The number of nitrogens with one attached hydrogen (secondary N) is 1. The number of fused-ring (bicyclic) bond motifs is 3. The Balaban J connectivity index is 1.74. The Morgan fingerprint density at radius 3 is 3.04 bits per heavy atom. The van der Waals surface area contributed by atoms with Gasteiger partial charge in [0.25, 0.3) is 0 Å². The number of carbonyl (C=O) groups excluding carboxylic acids is 1. The van der Waals surface area contributed by atoms with Crippen LogP contribution in [0.25, 0.3) is 11.0 Å². The lowest BCUT2D eigenvalue weighted by Gasteiger charge is -2.05. The van der Waals surface area contributed by atoms with E-state index in [9.17, 15) is 9.59 Å². The van der Waals surface area contributed by atoms with Gasteiger partial charge in [-0.2, -0.15) is 0 Å². The fourth-order valence-corrected chi connectivity index (χ4v) is 5.03. The molecule has 0 fully saturated rings. The molecule has 0 amide bonds. The molecule has 26 heavy (non-hydrogen) atoms. The third kappa shape index (κ3) is 2.93. The first-order chi connectivity index (χ1) is 12.6. The molecule has 2 N–H and O–H groups in total. The molecule has 9 heteroatoms. The van der Waals surface area contributed by atoms with Crippen LogP contribution in [-0.2, 0) is 27.2 Å². The average molecular weight is 389 g/mol. The Hall–Kier alpha value is -2.52. The van der Waals surface area contributed by atoms with Gasteiger partial charge in [-0.1, -0.05) is 11.8 Å². The second kappa shape index (κ2) is 6.65. The Labute approximate surface area is 157 Å². The van der Waals surface area contributed by atoms with Crippen molar-refractivity contribution in [1.29, 1.82) is 0 Å². The number of carbonyl (C=O) groups is 2. The van der Waals surface area contributed by atoms with Gasteiger partial charge >= 0.3 is 11.9 Å². The summed E-state index contributed by atoms with van der Waals surface area (Å²) in [5, 5.41) is 13.2. The first-order valence-electron chi connectivity index (χ1n) is 7.93. The molecule has 3 heterocycles. The molecular weight excluding hydrogens is 374 g/mol. The van der Waals surface area contributed by atoms with Crippen LogP contribution in [0.4, 0.5) is 0 Å². The minimum absolute atomic E-state index is 0.0107. The van der Waals surface area contributed by atoms with E-state index >= 15 is 0 Å². The topological polar surface area (TPSA) is 92.9 Å². The van der Waals surface area contributed by atoms with Crippen molar-refractivity contribution in [2.24, 2.45) is 0 Å². The van der Waals surface area contributed by atoms with E-state index in [1.165, 1.54) is 35.7 Å². The van der Waals surface area contributed by atoms with Crippen molar-refractivity contribution in [3.8, 4) is 0 Å². The molecule has 0 aromatic carbocycles. The van der Waals surface area contributed by atoms with Gasteiger partial charge in [0.2, 0.25) is 0 Å². The molecule has 4 rings (SSSR count). The van der Waals surface area contributed by atoms with Crippen LogP contribution in [-0.4, -0.2) is 33.5 Å². The molecule has 2 aromatic heterocycles. The Morgan fingerprint density at radius 2 is 2.27 bits per heavy atom. The molecule has 134 valence electrons. The van der Waals surface area contributed by atoms with Crippen molar-refractivity contribution >= 4 is 46.1 Å². The minimum atomic E-state index is -1.10. The molecule has 7 nitrogen and oxygen atoms in total. The van der Waals surface area contributed by atoms with Gasteiger partial charge in [-0.3, -0.25) is 4.40 Å². The maximum atomic E-state index is 12.1. The van der Waals surface area contributed by atoms with Crippen LogP contribution in [0.2, 0.25) is 0 Å². The van der Waals surface area contributed by atoms with Crippen LogP contribution in [0, 0.1) is 0 Å². The standard InChI is InChI=1S/C17H15N3O4S2/c1-24-16(23)10-6-18-11(15(21)22)8-25-14(10)5-9-7-20-12-3-2-4-13(12)26-17(20)19-9/h5-8,18H,2-4H2,1H3,(H,21,22)/b14-5-. The predicted molar refractivity (Wildman–Crippen MR) is 99.6 cm³/mol. The number of carboxylic acids is 1. The van der Waals surface area contributed by atoms with Gasteiger partial charge in [0.05, 0.1) is 18.4 Å². The maximum absolute atomic E-state index is 12.1. The average Bonchev–Trinajstić information content (AvgIpc) is 3.23. The Morgan fingerprint density at radius 1 is 1.42 bits per heavy atom. The SMILES string of the molecule is COC(=O)C1=CNC(C(=O)O)=CS/C1=C\c1cn2c3c(sc2n1)CCC3. The molecule has 0 bridgehead atoms. The summed E-state index contributed by atoms with van der Waals surface area (Å²) in [6.45, 7) is 0. The molecule has 0 spiro atoms. The highest BCUT2D eigenvalue weighted by Crippen LogP contribution is 2.34. The van der Waals surface area contributed by atoms with Crippen LogP contribution in [0.3, 0.4) is 0 Å².